The van der Waals surface area contributed by atoms with Crippen LogP contribution in [-0.2, 0) is 0 Å². The zero-order valence-corrected chi connectivity index (χ0v) is 16.2. The van der Waals surface area contributed by atoms with E-state index in [2.05, 4.69) is 16.1 Å². The first kappa shape index (κ1) is 18.7. The van der Waals surface area contributed by atoms with Gasteiger partial charge in [0.2, 0.25) is 0 Å². The third-order valence-corrected chi connectivity index (χ3v) is 5.02. The van der Waals surface area contributed by atoms with E-state index in [1.807, 2.05) is 30.3 Å². The topological polar surface area (TPSA) is 83.4 Å². The summed E-state index contributed by atoms with van der Waals surface area (Å²) in [5.41, 5.74) is 2.49. The molecular weight excluding hydrogens is 386 g/mol. The van der Waals surface area contributed by atoms with Gasteiger partial charge in [-0.2, -0.15) is 5.26 Å². The normalized spacial score (nSPS) is 12.0. The van der Waals surface area contributed by atoms with Gasteiger partial charge in [0.25, 0.3) is 5.91 Å². The Kier molecular flexibility index (Phi) is 5.54. The maximum Gasteiger partial charge on any atom is 0.255 e. The number of hydrogen-bond donors (Lipinski definition) is 2. The van der Waals surface area contributed by atoms with Crippen LogP contribution in [0.5, 0.6) is 11.5 Å². The lowest BCUT2D eigenvalue weighted by atomic mass is 10.1. The first-order valence-electron chi connectivity index (χ1n) is 8.95. The predicted octanol–water partition coefficient (Wildman–Crippen LogP) is 4.70. The molecule has 3 aromatic carbocycles. The third-order valence-electron chi connectivity index (χ3n) is 4.20. The molecule has 0 saturated heterocycles. The molecular formula is C22H17N3O3S. The number of fused-ring (bicyclic) bond motifs is 1. The van der Waals surface area contributed by atoms with Gasteiger partial charge in [-0.05, 0) is 72.6 Å². The summed E-state index contributed by atoms with van der Waals surface area (Å²) in [6.07, 6.45) is 0. The van der Waals surface area contributed by atoms with E-state index in [4.69, 9.17) is 14.7 Å². The molecule has 29 heavy (non-hydrogen) atoms. The molecule has 0 fully saturated rings. The van der Waals surface area contributed by atoms with E-state index in [1.54, 1.807) is 36.4 Å². The smallest absolute Gasteiger partial charge is 0.255 e. The number of amides is 1. The number of nitrogens with one attached hydrogen (secondary N) is 2. The highest BCUT2D eigenvalue weighted by Crippen LogP contribution is 2.34. The molecule has 3 aromatic rings. The molecule has 4 rings (SSSR count). The Bertz CT molecular complexity index is 1080. The molecule has 0 aromatic heterocycles. The Balaban J connectivity index is 1.36. The van der Waals surface area contributed by atoms with Crippen LogP contribution in [-0.4, -0.2) is 19.1 Å². The second kappa shape index (κ2) is 8.59. The van der Waals surface area contributed by atoms with Crippen molar-refractivity contribution in [2.45, 2.75) is 4.90 Å². The number of anilines is 2. The molecule has 0 radical (unpaired) electrons. The lowest BCUT2D eigenvalue weighted by Crippen LogP contribution is -2.15. The molecule has 2 N–H and O–H groups in total. The van der Waals surface area contributed by atoms with Gasteiger partial charge in [0.1, 0.15) is 13.2 Å². The predicted molar refractivity (Wildman–Crippen MR) is 112 cm³/mol. The summed E-state index contributed by atoms with van der Waals surface area (Å²) >= 11 is 1.45. The second-order valence-corrected chi connectivity index (χ2v) is 7.11. The lowest BCUT2D eigenvalue weighted by molar-refractivity contribution is 0.102. The van der Waals surface area contributed by atoms with Crippen molar-refractivity contribution in [2.24, 2.45) is 0 Å². The van der Waals surface area contributed by atoms with Crippen LogP contribution in [0.25, 0.3) is 0 Å². The Morgan fingerprint density at radius 2 is 1.72 bits per heavy atom. The number of carbonyl (C=O) groups is 1. The van der Waals surface area contributed by atoms with Gasteiger partial charge in [-0.15, -0.1) is 0 Å². The van der Waals surface area contributed by atoms with E-state index in [0.29, 0.717) is 30.0 Å². The van der Waals surface area contributed by atoms with Crippen molar-refractivity contribution in [1.82, 2.24) is 0 Å². The summed E-state index contributed by atoms with van der Waals surface area (Å²) in [6, 6.07) is 21.8. The molecule has 1 aliphatic rings. The quantitative estimate of drug-likeness (QED) is 0.601. The van der Waals surface area contributed by atoms with Crippen LogP contribution in [0.4, 0.5) is 11.4 Å². The van der Waals surface area contributed by atoms with Gasteiger partial charge >= 0.3 is 0 Å². The maximum absolute atomic E-state index is 12.4. The van der Waals surface area contributed by atoms with Gasteiger partial charge in [-0.1, -0.05) is 6.07 Å². The fraction of sp³-hybridized carbons (Fsp3) is 0.0909. The standard InChI is InChI=1S/C22H17N3O3S/c23-14-15-2-1-3-18(12-15)24-22(26)16-4-6-17(7-5-16)25-29-19-8-9-20-21(13-19)28-11-10-27-20/h1-9,12-13,25H,10-11H2,(H,24,26). The van der Waals surface area contributed by atoms with Crippen LogP contribution in [0.3, 0.4) is 0 Å². The van der Waals surface area contributed by atoms with E-state index in [1.165, 1.54) is 11.9 Å². The third kappa shape index (κ3) is 4.62. The number of ether oxygens (including phenoxy) is 2. The fourth-order valence-corrected chi connectivity index (χ4v) is 3.44. The summed E-state index contributed by atoms with van der Waals surface area (Å²) in [7, 11) is 0. The molecule has 0 unspecified atom stereocenters. The average molecular weight is 403 g/mol. The Hall–Kier alpha value is -3.63. The first-order chi connectivity index (χ1) is 14.2. The summed E-state index contributed by atoms with van der Waals surface area (Å²) in [6.45, 7) is 1.13. The molecule has 1 amide bonds. The van der Waals surface area contributed by atoms with Gasteiger partial charge in [-0.25, -0.2) is 0 Å². The number of benzene rings is 3. The molecule has 1 aliphatic heterocycles. The van der Waals surface area contributed by atoms with E-state index >= 15 is 0 Å². The van der Waals surface area contributed by atoms with Crippen molar-refractivity contribution >= 4 is 29.2 Å². The zero-order chi connectivity index (χ0) is 20.1. The first-order valence-corrected chi connectivity index (χ1v) is 9.77. The minimum absolute atomic E-state index is 0.230. The summed E-state index contributed by atoms with van der Waals surface area (Å²) < 4.78 is 14.4. The highest BCUT2D eigenvalue weighted by molar-refractivity contribution is 8.00. The number of hydrogen-bond acceptors (Lipinski definition) is 6. The lowest BCUT2D eigenvalue weighted by Gasteiger charge is -2.18. The molecule has 0 spiro atoms. The largest absolute Gasteiger partial charge is 0.486 e. The van der Waals surface area contributed by atoms with Crippen molar-refractivity contribution < 1.29 is 14.3 Å². The van der Waals surface area contributed by atoms with Crippen LogP contribution < -0.4 is 19.5 Å². The monoisotopic (exact) mass is 403 g/mol. The fourth-order valence-electron chi connectivity index (χ4n) is 2.76. The zero-order valence-electron chi connectivity index (χ0n) is 15.3. The number of rotatable bonds is 5. The number of carbonyl (C=O) groups excluding carboxylic acids is 1. The number of nitrogens with zero attached hydrogens (tertiary/aromatic N) is 1. The van der Waals surface area contributed by atoms with Crippen LogP contribution in [0.1, 0.15) is 15.9 Å². The van der Waals surface area contributed by atoms with Crippen molar-refractivity contribution in [3.63, 3.8) is 0 Å². The molecule has 0 saturated carbocycles. The average Bonchev–Trinajstić information content (AvgIpc) is 2.78. The maximum atomic E-state index is 12.4. The van der Waals surface area contributed by atoms with Gasteiger partial charge in [0.05, 0.1) is 11.6 Å². The highest BCUT2D eigenvalue weighted by Gasteiger charge is 2.12. The highest BCUT2D eigenvalue weighted by atomic mass is 32.2. The second-order valence-electron chi connectivity index (χ2n) is 6.23. The number of nitriles is 1. The minimum atomic E-state index is -0.230. The SMILES string of the molecule is N#Cc1cccc(NC(=O)c2ccc(NSc3ccc4c(c3)OCCO4)cc2)c1. The Labute approximate surface area is 172 Å². The summed E-state index contributed by atoms with van der Waals surface area (Å²) in [5, 5.41) is 11.7. The van der Waals surface area contributed by atoms with Gasteiger partial charge in [0, 0.05) is 21.8 Å². The van der Waals surface area contributed by atoms with E-state index in [0.717, 1.165) is 22.1 Å². The summed E-state index contributed by atoms with van der Waals surface area (Å²) in [4.78, 5) is 13.4. The molecule has 6 nitrogen and oxygen atoms in total. The Morgan fingerprint density at radius 1 is 0.931 bits per heavy atom. The van der Waals surface area contributed by atoms with Gasteiger partial charge in [-0.3, -0.25) is 4.79 Å². The molecule has 0 bridgehead atoms. The van der Waals surface area contributed by atoms with Crippen LogP contribution >= 0.6 is 11.9 Å². The van der Waals surface area contributed by atoms with Gasteiger partial charge < -0.3 is 19.5 Å². The molecule has 1 heterocycles. The van der Waals surface area contributed by atoms with Gasteiger partial charge in [0.15, 0.2) is 11.5 Å². The van der Waals surface area contributed by atoms with Crippen molar-refractivity contribution in [2.75, 3.05) is 23.3 Å². The molecule has 0 atom stereocenters. The van der Waals surface area contributed by atoms with Crippen LogP contribution in [0.2, 0.25) is 0 Å². The van der Waals surface area contributed by atoms with E-state index in [9.17, 15) is 4.79 Å². The van der Waals surface area contributed by atoms with Crippen LogP contribution in [0, 0.1) is 11.3 Å². The van der Waals surface area contributed by atoms with Crippen molar-refractivity contribution in [1.29, 1.82) is 5.26 Å². The Morgan fingerprint density at radius 3 is 2.52 bits per heavy atom. The van der Waals surface area contributed by atoms with E-state index in [-0.39, 0.29) is 5.91 Å². The molecule has 0 aliphatic carbocycles. The molecule has 144 valence electrons. The molecule has 7 heteroatoms. The van der Waals surface area contributed by atoms with Crippen molar-refractivity contribution in [3.8, 4) is 17.6 Å². The van der Waals surface area contributed by atoms with Crippen molar-refractivity contribution in [3.05, 3.63) is 77.9 Å². The van der Waals surface area contributed by atoms with Crippen LogP contribution in [0.15, 0.2) is 71.6 Å². The summed E-state index contributed by atoms with van der Waals surface area (Å²) in [5.74, 6) is 1.28. The minimum Gasteiger partial charge on any atom is -0.486 e. The van der Waals surface area contributed by atoms with E-state index < -0.39 is 0 Å².